The van der Waals surface area contributed by atoms with E-state index >= 15 is 0 Å². The first-order valence-corrected chi connectivity index (χ1v) is 5.67. The van der Waals surface area contributed by atoms with E-state index in [4.69, 9.17) is 5.73 Å². The van der Waals surface area contributed by atoms with Gasteiger partial charge in [-0.3, -0.25) is 4.79 Å². The van der Waals surface area contributed by atoms with E-state index in [1.165, 1.54) is 5.56 Å². The molecule has 3 nitrogen and oxygen atoms in total. The fourth-order valence-corrected chi connectivity index (χ4v) is 2.46. The number of benzene rings is 1. The molecule has 0 bridgehead atoms. The Kier molecular flexibility index (Phi) is 2.72. The average Bonchev–Trinajstić information content (AvgIpc) is 3.05. The van der Waals surface area contributed by atoms with Crippen molar-refractivity contribution in [2.45, 2.75) is 25.7 Å². The number of carboxylic acid groups (broad SMARTS) is 1. The number of aliphatic carboxylic acids is 1. The summed E-state index contributed by atoms with van der Waals surface area (Å²) in [5.74, 6) is -0.656. The summed E-state index contributed by atoms with van der Waals surface area (Å²) in [6.45, 7) is 2.32. The number of aryl methyl sites for hydroxylation is 1. The first-order chi connectivity index (χ1) is 7.65. The lowest BCUT2D eigenvalue weighted by atomic mass is 9.95. The highest BCUT2D eigenvalue weighted by atomic mass is 16.4. The molecule has 2 rings (SSSR count). The number of carbonyl (C=O) groups is 1. The highest BCUT2D eigenvalue weighted by Gasteiger charge is 2.60. The molecule has 3 N–H and O–H groups in total. The maximum absolute atomic E-state index is 11.2. The topological polar surface area (TPSA) is 63.3 Å². The molecule has 0 saturated heterocycles. The van der Waals surface area contributed by atoms with Gasteiger partial charge >= 0.3 is 5.97 Å². The van der Waals surface area contributed by atoms with Crippen molar-refractivity contribution in [3.8, 4) is 0 Å². The second kappa shape index (κ2) is 3.91. The summed E-state index contributed by atoms with van der Waals surface area (Å²) in [7, 11) is 0. The summed E-state index contributed by atoms with van der Waals surface area (Å²) in [4.78, 5) is 11.2. The number of hydrogen-bond donors (Lipinski definition) is 2. The van der Waals surface area contributed by atoms with E-state index < -0.39 is 11.4 Å². The number of carboxylic acids is 1. The molecule has 86 valence electrons. The zero-order valence-corrected chi connectivity index (χ0v) is 9.44. The molecule has 0 aromatic heterocycles. The summed E-state index contributed by atoms with van der Waals surface area (Å²) in [6.07, 6.45) is 1.61. The van der Waals surface area contributed by atoms with Crippen molar-refractivity contribution >= 4 is 5.97 Å². The van der Waals surface area contributed by atoms with Crippen molar-refractivity contribution in [2.24, 2.45) is 11.1 Å². The molecule has 0 spiro atoms. The minimum absolute atomic E-state index is 0.103. The Balaban J connectivity index is 2.31. The van der Waals surface area contributed by atoms with Gasteiger partial charge in [-0.1, -0.05) is 31.2 Å². The maximum Gasteiger partial charge on any atom is 0.311 e. The van der Waals surface area contributed by atoms with Gasteiger partial charge < -0.3 is 10.8 Å². The van der Waals surface area contributed by atoms with Gasteiger partial charge in [0, 0.05) is 12.5 Å². The van der Waals surface area contributed by atoms with Crippen LogP contribution in [0.3, 0.4) is 0 Å². The van der Waals surface area contributed by atoms with Crippen LogP contribution in [-0.4, -0.2) is 17.6 Å². The molecule has 0 aliphatic heterocycles. The summed E-state index contributed by atoms with van der Waals surface area (Å²) in [6, 6.07) is 8.06. The van der Waals surface area contributed by atoms with Crippen LogP contribution in [0.25, 0.3) is 0 Å². The van der Waals surface area contributed by atoms with Crippen LogP contribution in [-0.2, 0) is 11.2 Å². The molecule has 1 saturated carbocycles. The van der Waals surface area contributed by atoms with E-state index in [1.807, 2.05) is 18.2 Å². The molecule has 1 aliphatic carbocycles. The minimum Gasteiger partial charge on any atom is -0.481 e. The van der Waals surface area contributed by atoms with Crippen LogP contribution in [0.2, 0.25) is 0 Å². The van der Waals surface area contributed by atoms with Gasteiger partial charge in [0.1, 0.15) is 0 Å². The Hall–Kier alpha value is -1.35. The first-order valence-electron chi connectivity index (χ1n) is 5.67. The molecule has 1 aromatic carbocycles. The molecule has 1 aromatic rings. The Labute approximate surface area is 95.3 Å². The fourth-order valence-electron chi connectivity index (χ4n) is 2.46. The maximum atomic E-state index is 11.2. The first kappa shape index (κ1) is 11.1. The van der Waals surface area contributed by atoms with Gasteiger partial charge in [0.25, 0.3) is 0 Å². The lowest BCUT2D eigenvalue weighted by molar-refractivity contribution is -0.143. The monoisotopic (exact) mass is 219 g/mol. The predicted molar refractivity (Wildman–Crippen MR) is 62.3 cm³/mol. The summed E-state index contributed by atoms with van der Waals surface area (Å²) < 4.78 is 0. The van der Waals surface area contributed by atoms with E-state index in [0.717, 1.165) is 12.0 Å². The van der Waals surface area contributed by atoms with Gasteiger partial charge in [0.2, 0.25) is 0 Å². The molecule has 2 unspecified atom stereocenters. The number of hydrogen-bond acceptors (Lipinski definition) is 2. The molecule has 1 aliphatic rings. The van der Waals surface area contributed by atoms with Crippen LogP contribution in [0, 0.1) is 5.41 Å². The van der Waals surface area contributed by atoms with Crippen molar-refractivity contribution in [1.82, 2.24) is 0 Å². The van der Waals surface area contributed by atoms with Gasteiger partial charge in [0.05, 0.1) is 5.41 Å². The van der Waals surface area contributed by atoms with Crippen molar-refractivity contribution in [2.75, 3.05) is 6.54 Å². The highest BCUT2D eigenvalue weighted by Crippen LogP contribution is 2.59. The smallest absolute Gasteiger partial charge is 0.311 e. The normalized spacial score (nSPS) is 27.8. The van der Waals surface area contributed by atoms with Gasteiger partial charge in [-0.05, 0) is 24.0 Å². The van der Waals surface area contributed by atoms with Crippen molar-refractivity contribution < 1.29 is 9.90 Å². The number of rotatable bonds is 4. The van der Waals surface area contributed by atoms with Gasteiger partial charge in [-0.25, -0.2) is 0 Å². The molecule has 1 fully saturated rings. The minimum atomic E-state index is -0.758. The summed E-state index contributed by atoms with van der Waals surface area (Å²) in [5, 5.41) is 9.22. The van der Waals surface area contributed by atoms with Gasteiger partial charge in [-0.15, -0.1) is 0 Å². The van der Waals surface area contributed by atoms with Crippen molar-refractivity contribution in [3.63, 3.8) is 0 Å². The zero-order valence-electron chi connectivity index (χ0n) is 9.44. The van der Waals surface area contributed by atoms with E-state index in [0.29, 0.717) is 6.42 Å². The fraction of sp³-hybridized carbons (Fsp3) is 0.462. The molecule has 2 atom stereocenters. The molecule has 0 amide bonds. The Bertz CT molecular complexity index is 416. The molecule has 0 heterocycles. The third-order valence-electron chi connectivity index (χ3n) is 3.68. The zero-order chi connectivity index (χ0) is 11.8. The van der Waals surface area contributed by atoms with E-state index in [2.05, 4.69) is 13.0 Å². The SMILES string of the molecule is CCc1ccccc1C1CC1(CN)C(=O)O. The Morgan fingerprint density at radius 3 is 2.75 bits per heavy atom. The molecule has 0 radical (unpaired) electrons. The Morgan fingerprint density at radius 2 is 2.25 bits per heavy atom. The second-order valence-electron chi connectivity index (χ2n) is 4.47. The Morgan fingerprint density at radius 1 is 1.56 bits per heavy atom. The average molecular weight is 219 g/mol. The van der Waals surface area contributed by atoms with Crippen LogP contribution in [0.15, 0.2) is 24.3 Å². The van der Waals surface area contributed by atoms with Crippen molar-refractivity contribution in [3.05, 3.63) is 35.4 Å². The third-order valence-corrected chi connectivity index (χ3v) is 3.68. The predicted octanol–water partition coefficient (Wildman–Crippen LogP) is 1.77. The van der Waals surface area contributed by atoms with E-state index in [-0.39, 0.29) is 12.5 Å². The number of nitrogens with two attached hydrogens (primary N) is 1. The van der Waals surface area contributed by atoms with Crippen LogP contribution in [0.1, 0.15) is 30.4 Å². The van der Waals surface area contributed by atoms with E-state index in [9.17, 15) is 9.90 Å². The molecular formula is C13H17NO2. The third kappa shape index (κ3) is 1.52. The van der Waals surface area contributed by atoms with Crippen LogP contribution >= 0.6 is 0 Å². The summed E-state index contributed by atoms with van der Waals surface area (Å²) >= 11 is 0. The van der Waals surface area contributed by atoms with Crippen LogP contribution < -0.4 is 5.73 Å². The quantitative estimate of drug-likeness (QED) is 0.811. The largest absolute Gasteiger partial charge is 0.481 e. The molecular weight excluding hydrogens is 202 g/mol. The van der Waals surface area contributed by atoms with Crippen molar-refractivity contribution in [1.29, 1.82) is 0 Å². The van der Waals surface area contributed by atoms with Crippen LogP contribution in [0.5, 0.6) is 0 Å². The van der Waals surface area contributed by atoms with Crippen LogP contribution in [0.4, 0.5) is 0 Å². The highest BCUT2D eigenvalue weighted by molar-refractivity contribution is 5.81. The standard InChI is InChI=1S/C13H17NO2/c1-2-9-5-3-4-6-10(9)11-7-13(11,8-14)12(15)16/h3-6,11H,2,7-8,14H2,1H3,(H,15,16). The lowest BCUT2D eigenvalue weighted by Crippen LogP contribution is -2.26. The lowest BCUT2D eigenvalue weighted by Gasteiger charge is -2.12. The summed E-state index contributed by atoms with van der Waals surface area (Å²) in [5.41, 5.74) is 7.31. The molecule has 16 heavy (non-hydrogen) atoms. The van der Waals surface area contributed by atoms with Gasteiger partial charge in [0.15, 0.2) is 0 Å². The molecule has 3 heteroatoms. The second-order valence-corrected chi connectivity index (χ2v) is 4.47. The van der Waals surface area contributed by atoms with Gasteiger partial charge in [-0.2, -0.15) is 0 Å². The van der Waals surface area contributed by atoms with E-state index in [1.54, 1.807) is 0 Å².